The highest BCUT2D eigenvalue weighted by atomic mass is 16.5. The summed E-state index contributed by atoms with van der Waals surface area (Å²) < 4.78 is 11.3. The quantitative estimate of drug-likeness (QED) is 0.458. The number of ether oxygens (including phenoxy) is 2. The summed E-state index contributed by atoms with van der Waals surface area (Å²) >= 11 is 0. The van der Waals surface area contributed by atoms with Gasteiger partial charge in [-0.05, 0) is 38.1 Å². The second-order valence-electron chi connectivity index (χ2n) is 6.56. The van der Waals surface area contributed by atoms with E-state index < -0.39 is 0 Å². The van der Waals surface area contributed by atoms with Crippen LogP contribution in [0.15, 0.2) is 60.9 Å². The molecule has 30 heavy (non-hydrogen) atoms. The molecule has 152 valence electrons. The number of para-hydroxylation sites is 1. The van der Waals surface area contributed by atoms with E-state index in [1.165, 1.54) is 0 Å². The number of hydrogen-bond acceptors (Lipinski definition) is 7. The number of rotatable bonds is 7. The largest absolute Gasteiger partial charge is 0.490 e. The summed E-state index contributed by atoms with van der Waals surface area (Å²) in [5, 5.41) is 4.20. The van der Waals surface area contributed by atoms with E-state index in [1.807, 2.05) is 62.4 Å². The van der Waals surface area contributed by atoms with Crippen molar-refractivity contribution >= 4 is 28.4 Å². The Morgan fingerprint density at radius 1 is 0.900 bits per heavy atom. The maximum atomic E-state index is 6.23. The number of nitrogens with one attached hydrogen (secondary N) is 1. The molecule has 2 aromatic carbocycles. The van der Waals surface area contributed by atoms with Crippen molar-refractivity contribution in [3.8, 4) is 22.6 Å². The van der Waals surface area contributed by atoms with Crippen LogP contribution in [0.3, 0.4) is 0 Å². The Balaban J connectivity index is 1.59. The number of benzene rings is 2. The zero-order chi connectivity index (χ0) is 20.9. The molecule has 0 aliphatic carbocycles. The first-order chi connectivity index (χ1) is 14.7. The zero-order valence-electron chi connectivity index (χ0n) is 16.9. The molecule has 2 heterocycles. The van der Waals surface area contributed by atoms with Crippen LogP contribution in [-0.2, 0) is 0 Å². The lowest BCUT2D eigenvalue weighted by Crippen LogP contribution is -2.03. The summed E-state index contributed by atoms with van der Waals surface area (Å²) in [5.74, 6) is 2.14. The molecule has 4 aromatic rings. The van der Waals surface area contributed by atoms with Gasteiger partial charge in [-0.2, -0.15) is 4.98 Å². The number of pyridine rings is 1. The van der Waals surface area contributed by atoms with Gasteiger partial charge in [0.15, 0.2) is 11.5 Å². The number of nitrogen functional groups attached to an aromatic ring is 1. The molecule has 0 atom stereocenters. The Morgan fingerprint density at radius 2 is 1.70 bits per heavy atom. The topological polar surface area (TPSA) is 95.2 Å². The first-order valence-electron chi connectivity index (χ1n) is 9.82. The van der Waals surface area contributed by atoms with Gasteiger partial charge < -0.3 is 20.5 Å². The number of nitrogens with zero attached hydrogens (tertiary/aromatic N) is 3. The van der Waals surface area contributed by atoms with Crippen molar-refractivity contribution in [3.63, 3.8) is 0 Å². The van der Waals surface area contributed by atoms with E-state index in [0.29, 0.717) is 36.5 Å². The fraction of sp³-hybridized carbons (Fsp3) is 0.174. The lowest BCUT2D eigenvalue weighted by Gasteiger charge is -2.13. The molecule has 0 saturated carbocycles. The summed E-state index contributed by atoms with van der Waals surface area (Å²) in [4.78, 5) is 13.3. The van der Waals surface area contributed by atoms with E-state index in [0.717, 1.165) is 27.7 Å². The highest BCUT2D eigenvalue weighted by molar-refractivity contribution is 5.85. The van der Waals surface area contributed by atoms with Crippen molar-refractivity contribution < 1.29 is 9.47 Å². The molecule has 2 aromatic heterocycles. The summed E-state index contributed by atoms with van der Waals surface area (Å²) in [7, 11) is 0. The fourth-order valence-corrected chi connectivity index (χ4v) is 3.15. The van der Waals surface area contributed by atoms with Crippen LogP contribution in [0, 0.1) is 0 Å². The average molecular weight is 401 g/mol. The van der Waals surface area contributed by atoms with Gasteiger partial charge in [0.1, 0.15) is 5.82 Å². The first kappa shape index (κ1) is 19.4. The van der Waals surface area contributed by atoms with E-state index in [2.05, 4.69) is 20.3 Å². The standard InChI is InChI=1S/C23H23N5O2/c1-3-29-20-10-9-17(12-21(20)30-4-2)27-23-26-14-18(22(24)28-23)16-11-15-7-5-6-8-19(15)25-13-16/h5-14H,3-4H2,1-2H3,(H3,24,26,27,28). The maximum absolute atomic E-state index is 6.23. The van der Waals surface area contributed by atoms with Crippen molar-refractivity contribution in [2.24, 2.45) is 0 Å². The Kier molecular flexibility index (Phi) is 5.61. The predicted molar refractivity (Wildman–Crippen MR) is 119 cm³/mol. The summed E-state index contributed by atoms with van der Waals surface area (Å²) in [6.07, 6.45) is 3.49. The number of hydrogen-bond donors (Lipinski definition) is 2. The van der Waals surface area contributed by atoms with Crippen molar-refractivity contribution in [1.29, 1.82) is 0 Å². The van der Waals surface area contributed by atoms with E-state index in [4.69, 9.17) is 15.2 Å². The van der Waals surface area contributed by atoms with E-state index in [-0.39, 0.29) is 0 Å². The molecule has 0 aliphatic heterocycles. The SMILES string of the molecule is CCOc1ccc(Nc2ncc(-c3cnc4ccccc4c3)c(N)n2)cc1OCC. The molecule has 0 aliphatic rings. The average Bonchev–Trinajstić information content (AvgIpc) is 2.76. The van der Waals surface area contributed by atoms with Crippen molar-refractivity contribution in [2.75, 3.05) is 24.3 Å². The van der Waals surface area contributed by atoms with Crippen LogP contribution in [0.4, 0.5) is 17.5 Å². The lowest BCUT2D eigenvalue weighted by molar-refractivity contribution is 0.288. The predicted octanol–water partition coefficient (Wildman–Crippen LogP) is 4.82. The summed E-state index contributed by atoms with van der Waals surface area (Å²) in [6.45, 7) is 4.98. The first-order valence-corrected chi connectivity index (χ1v) is 9.82. The monoisotopic (exact) mass is 401 g/mol. The van der Waals surface area contributed by atoms with Gasteiger partial charge >= 0.3 is 0 Å². The van der Waals surface area contributed by atoms with E-state index in [9.17, 15) is 0 Å². The second kappa shape index (κ2) is 8.65. The summed E-state index contributed by atoms with van der Waals surface area (Å²) in [5.41, 5.74) is 9.55. The molecule has 7 nitrogen and oxygen atoms in total. The van der Waals surface area contributed by atoms with Gasteiger partial charge in [0.05, 0.1) is 18.7 Å². The zero-order valence-corrected chi connectivity index (χ0v) is 16.9. The third kappa shape index (κ3) is 4.10. The molecular formula is C23H23N5O2. The summed E-state index contributed by atoms with van der Waals surface area (Å²) in [6, 6.07) is 15.6. The Bertz CT molecular complexity index is 1180. The molecule has 0 fully saturated rings. The molecule has 0 unspecified atom stereocenters. The van der Waals surface area contributed by atoms with Gasteiger partial charge in [-0.1, -0.05) is 18.2 Å². The Morgan fingerprint density at radius 3 is 2.50 bits per heavy atom. The third-order valence-corrected chi connectivity index (χ3v) is 4.52. The third-order valence-electron chi connectivity index (χ3n) is 4.52. The van der Waals surface area contributed by atoms with Crippen LogP contribution in [0.1, 0.15) is 13.8 Å². The fourth-order valence-electron chi connectivity index (χ4n) is 3.15. The Labute approximate surface area is 174 Å². The highest BCUT2D eigenvalue weighted by Crippen LogP contribution is 2.32. The number of nitrogens with two attached hydrogens (primary N) is 1. The van der Waals surface area contributed by atoms with Gasteiger partial charge in [-0.15, -0.1) is 0 Å². The molecule has 7 heteroatoms. The smallest absolute Gasteiger partial charge is 0.229 e. The van der Waals surface area contributed by atoms with Crippen molar-refractivity contribution in [2.45, 2.75) is 13.8 Å². The minimum absolute atomic E-state index is 0.376. The molecule has 0 spiro atoms. The van der Waals surface area contributed by atoms with E-state index >= 15 is 0 Å². The lowest BCUT2D eigenvalue weighted by atomic mass is 10.1. The van der Waals surface area contributed by atoms with Gasteiger partial charge in [0.2, 0.25) is 5.95 Å². The number of aromatic nitrogens is 3. The Hall–Kier alpha value is -3.87. The van der Waals surface area contributed by atoms with Gasteiger partial charge in [-0.3, -0.25) is 4.98 Å². The molecule has 0 saturated heterocycles. The van der Waals surface area contributed by atoms with Crippen molar-refractivity contribution in [1.82, 2.24) is 15.0 Å². The molecular weight excluding hydrogens is 378 g/mol. The van der Waals surface area contributed by atoms with Crippen LogP contribution >= 0.6 is 0 Å². The normalized spacial score (nSPS) is 10.7. The molecule has 3 N–H and O–H groups in total. The van der Waals surface area contributed by atoms with Gasteiger partial charge in [-0.25, -0.2) is 4.98 Å². The van der Waals surface area contributed by atoms with E-state index in [1.54, 1.807) is 12.4 Å². The number of anilines is 3. The molecule has 0 radical (unpaired) electrons. The van der Waals surface area contributed by atoms with Crippen LogP contribution in [0.2, 0.25) is 0 Å². The second-order valence-corrected chi connectivity index (χ2v) is 6.56. The molecule has 0 bridgehead atoms. The van der Waals surface area contributed by atoms with Gasteiger partial charge in [0, 0.05) is 40.7 Å². The van der Waals surface area contributed by atoms with Crippen LogP contribution in [0.25, 0.3) is 22.0 Å². The minimum Gasteiger partial charge on any atom is -0.490 e. The van der Waals surface area contributed by atoms with Crippen molar-refractivity contribution in [3.05, 3.63) is 60.9 Å². The maximum Gasteiger partial charge on any atom is 0.229 e. The molecule has 4 rings (SSSR count). The molecule has 0 amide bonds. The van der Waals surface area contributed by atoms with Crippen LogP contribution < -0.4 is 20.5 Å². The minimum atomic E-state index is 0.376. The van der Waals surface area contributed by atoms with Crippen LogP contribution in [-0.4, -0.2) is 28.2 Å². The van der Waals surface area contributed by atoms with Gasteiger partial charge in [0.25, 0.3) is 0 Å². The number of fused-ring (bicyclic) bond motifs is 1. The highest BCUT2D eigenvalue weighted by Gasteiger charge is 2.10. The van der Waals surface area contributed by atoms with Crippen LogP contribution in [0.5, 0.6) is 11.5 Å².